The van der Waals surface area contributed by atoms with E-state index in [1.165, 1.54) is 6.92 Å². The van der Waals surface area contributed by atoms with Crippen molar-refractivity contribution in [2.45, 2.75) is 110 Å². The Kier molecular flexibility index (Phi) is 34.1. The Morgan fingerprint density at radius 2 is 1.33 bits per heavy atom. The predicted octanol–water partition coefficient (Wildman–Crippen LogP) is 2.67. The highest BCUT2D eigenvalue weighted by molar-refractivity contribution is 5.97. The lowest BCUT2D eigenvalue weighted by molar-refractivity contribution is -0.133. The van der Waals surface area contributed by atoms with E-state index in [9.17, 15) is 28.8 Å². The van der Waals surface area contributed by atoms with Gasteiger partial charge in [0.15, 0.2) is 5.78 Å². The number of urea groups is 1. The number of primary amides is 1. The summed E-state index contributed by atoms with van der Waals surface area (Å²) in [5, 5.41) is 16.3. The molecule has 1 aromatic heterocycles. The zero-order valence-corrected chi connectivity index (χ0v) is 41.8. The van der Waals surface area contributed by atoms with E-state index in [1.54, 1.807) is 30.1 Å². The predicted molar refractivity (Wildman–Crippen MR) is 258 cm³/mol. The number of nitrogens with zero attached hydrogens (tertiary/aromatic N) is 3. The van der Waals surface area contributed by atoms with Crippen LogP contribution in [0.5, 0.6) is 0 Å². The van der Waals surface area contributed by atoms with Gasteiger partial charge < -0.3 is 65.3 Å². The third-order valence-electron chi connectivity index (χ3n) is 10.6. The Morgan fingerprint density at radius 3 is 1.94 bits per heavy atom. The first-order chi connectivity index (χ1) is 33.8. The number of unbranched alkanes of at least 4 members (excludes halogenated alkanes) is 2. The van der Waals surface area contributed by atoms with E-state index in [1.807, 2.05) is 26.0 Å². The molecule has 0 saturated carbocycles. The number of carbonyl (C=O) groups is 6. The van der Waals surface area contributed by atoms with Crippen LogP contribution < -0.4 is 27.4 Å². The number of rotatable bonds is 45. The van der Waals surface area contributed by atoms with Crippen molar-refractivity contribution < 1.29 is 66.7 Å². The van der Waals surface area contributed by atoms with Gasteiger partial charge in [-0.05, 0) is 56.2 Å². The molecule has 1 aromatic carbocycles. The van der Waals surface area contributed by atoms with Gasteiger partial charge in [-0.1, -0.05) is 44.0 Å². The number of hydrogen-bond donors (Lipinski definition) is 5. The third-order valence-corrected chi connectivity index (χ3v) is 10.6. The van der Waals surface area contributed by atoms with Gasteiger partial charge >= 0.3 is 6.03 Å². The summed E-state index contributed by atoms with van der Waals surface area (Å²) < 4.78 is 45.6. The number of ketones is 3. The Balaban J connectivity index is 1.48. The maximum Gasteiger partial charge on any atom is 0.312 e. The normalized spacial score (nSPS) is 12.7. The van der Waals surface area contributed by atoms with Gasteiger partial charge in [0.25, 0.3) is 0 Å². The smallest absolute Gasteiger partial charge is 0.312 e. The van der Waals surface area contributed by atoms with Crippen LogP contribution in [-0.4, -0.2) is 162 Å². The summed E-state index contributed by atoms with van der Waals surface area (Å²) in [5.41, 5.74) is 13.1. The molecule has 2 aromatic rings. The molecule has 0 unspecified atom stereocenters. The number of carbonyl (C=O) groups excluding carboxylic acids is 6. The number of Topliss-reactive ketones (excluding diaryl/α,β-unsaturated/α-hetero) is 3. The number of benzene rings is 1. The minimum absolute atomic E-state index is 0.00207. The first-order valence-electron chi connectivity index (χ1n) is 24.2. The molecular formula is C48H80N8O14. The monoisotopic (exact) mass is 993 g/mol. The summed E-state index contributed by atoms with van der Waals surface area (Å²) in [6.07, 6.45) is 6.47. The number of hydrogen-bond acceptors (Lipinski definition) is 17. The summed E-state index contributed by atoms with van der Waals surface area (Å²) in [4.78, 5) is 73.9. The average molecular weight is 993 g/mol. The molecule has 7 N–H and O–H groups in total. The number of nitrogens with one attached hydrogen (secondary N) is 3. The van der Waals surface area contributed by atoms with Crippen molar-refractivity contribution in [1.82, 2.24) is 25.6 Å². The minimum atomic E-state index is -0.842. The molecule has 4 amide bonds. The van der Waals surface area contributed by atoms with E-state index in [2.05, 4.69) is 26.3 Å². The quantitative estimate of drug-likeness (QED) is 0.0596. The van der Waals surface area contributed by atoms with Crippen molar-refractivity contribution in [3.05, 3.63) is 41.7 Å². The lowest BCUT2D eigenvalue weighted by Gasteiger charge is -2.24. The summed E-state index contributed by atoms with van der Waals surface area (Å²) in [6, 6.07) is 5.26. The van der Waals surface area contributed by atoms with Gasteiger partial charge in [0.1, 0.15) is 23.9 Å². The summed E-state index contributed by atoms with van der Waals surface area (Å²) >= 11 is 0. The van der Waals surface area contributed by atoms with E-state index in [0.29, 0.717) is 123 Å². The maximum absolute atomic E-state index is 13.5. The van der Waals surface area contributed by atoms with Crippen LogP contribution in [0.4, 0.5) is 10.5 Å². The second kappa shape index (κ2) is 38.9. The van der Waals surface area contributed by atoms with Crippen LogP contribution in [0.25, 0.3) is 0 Å². The molecule has 0 aliphatic rings. The van der Waals surface area contributed by atoms with Gasteiger partial charge in [-0.15, -0.1) is 5.10 Å². The SMILES string of the molecule is COCc1ccc(NC(=O)[C@H](CCCNC(N)=O)CC(=O)[C@@H](NC(=O)COCCOCCOCc2cn(CCOCCOCCOCCOCCC(=O)CCCCC[C@@H](N)C(C)=O)nn2)C(C)C)cc1. The molecule has 2 rings (SSSR count). The van der Waals surface area contributed by atoms with Crippen molar-refractivity contribution in [1.29, 1.82) is 0 Å². The van der Waals surface area contributed by atoms with Crippen LogP contribution in [0.15, 0.2) is 30.5 Å². The van der Waals surface area contributed by atoms with E-state index in [-0.39, 0.29) is 68.6 Å². The maximum atomic E-state index is 13.5. The van der Waals surface area contributed by atoms with E-state index in [4.69, 9.17) is 49.4 Å². The number of amides is 4. The Hall–Kier alpha value is -4.78. The highest BCUT2D eigenvalue weighted by Crippen LogP contribution is 2.20. The molecule has 22 nitrogen and oxygen atoms in total. The molecule has 1 heterocycles. The standard InChI is InChI=1S/C48H80N8O14/c1-36(2)46(44(59)31-39(9-8-17-51-48(50)62)47(61)52-40-14-12-38(13-15-40)33-63-4)53-45(60)35-70-30-28-68-27-29-69-34-41-32-56(55-54-41)18-20-65-22-24-67-26-25-66-23-21-64-19-16-42(58)10-6-5-7-11-43(49)37(3)57/h12-15,32,36,39,43,46H,5-11,16-31,33-35,49H2,1-4H3,(H,52,61)(H,53,60)(H3,50,51,62)/t39-,43-,46+/m1/s1. The van der Waals surface area contributed by atoms with Gasteiger partial charge in [-0.2, -0.15) is 0 Å². The summed E-state index contributed by atoms with van der Waals surface area (Å²) in [7, 11) is 1.60. The molecule has 0 aliphatic carbocycles. The van der Waals surface area contributed by atoms with Gasteiger partial charge in [0, 0.05) is 44.5 Å². The van der Waals surface area contributed by atoms with Gasteiger partial charge in [0.2, 0.25) is 11.8 Å². The minimum Gasteiger partial charge on any atom is -0.380 e. The molecule has 3 atom stereocenters. The second-order valence-electron chi connectivity index (χ2n) is 17.0. The van der Waals surface area contributed by atoms with Gasteiger partial charge in [-0.25, -0.2) is 9.48 Å². The fraction of sp³-hybridized carbons (Fsp3) is 0.708. The lowest BCUT2D eigenvalue weighted by Crippen LogP contribution is -2.47. The van der Waals surface area contributed by atoms with Gasteiger partial charge in [-0.3, -0.25) is 24.0 Å². The van der Waals surface area contributed by atoms with Gasteiger partial charge in [0.05, 0.1) is 117 Å². The van der Waals surface area contributed by atoms with Crippen LogP contribution in [0.3, 0.4) is 0 Å². The Morgan fingerprint density at radius 1 is 0.714 bits per heavy atom. The third kappa shape index (κ3) is 30.7. The highest BCUT2D eigenvalue weighted by atomic mass is 16.6. The first-order valence-corrected chi connectivity index (χ1v) is 24.2. The van der Waals surface area contributed by atoms with Crippen molar-refractivity contribution in [2.24, 2.45) is 23.3 Å². The molecule has 22 heteroatoms. The van der Waals surface area contributed by atoms with Crippen molar-refractivity contribution >= 4 is 40.9 Å². The lowest BCUT2D eigenvalue weighted by atomic mass is 9.89. The van der Waals surface area contributed by atoms with Crippen LogP contribution in [0.2, 0.25) is 0 Å². The van der Waals surface area contributed by atoms with E-state index in [0.717, 1.165) is 24.8 Å². The molecule has 0 fully saturated rings. The fourth-order valence-electron chi connectivity index (χ4n) is 6.68. The number of anilines is 1. The zero-order chi connectivity index (χ0) is 51.2. The number of methoxy groups -OCH3 is 1. The van der Waals surface area contributed by atoms with Crippen LogP contribution in [0.1, 0.15) is 89.8 Å². The molecular weight excluding hydrogens is 913 g/mol. The molecule has 0 saturated heterocycles. The Labute approximate surface area is 412 Å². The molecule has 0 bridgehead atoms. The van der Waals surface area contributed by atoms with Crippen molar-refractivity contribution in [2.75, 3.05) is 105 Å². The number of ether oxygens (including phenoxy) is 8. The molecule has 0 radical (unpaired) electrons. The second-order valence-corrected chi connectivity index (χ2v) is 17.0. The zero-order valence-electron chi connectivity index (χ0n) is 41.8. The first kappa shape index (κ1) is 61.3. The number of aromatic nitrogens is 3. The molecule has 0 spiro atoms. The number of nitrogens with two attached hydrogens (primary N) is 2. The molecule has 396 valence electrons. The topological polar surface area (TPSA) is 295 Å². The molecule has 70 heavy (non-hydrogen) atoms. The molecule has 0 aliphatic heterocycles. The van der Waals surface area contributed by atoms with Crippen LogP contribution in [0, 0.1) is 11.8 Å². The van der Waals surface area contributed by atoms with E-state index >= 15 is 0 Å². The Bertz CT molecular complexity index is 1770. The van der Waals surface area contributed by atoms with E-state index < -0.39 is 29.9 Å². The summed E-state index contributed by atoms with van der Waals surface area (Å²) in [6.45, 7) is 10.6. The highest BCUT2D eigenvalue weighted by Gasteiger charge is 2.29. The van der Waals surface area contributed by atoms with Crippen molar-refractivity contribution in [3.63, 3.8) is 0 Å². The van der Waals surface area contributed by atoms with Crippen LogP contribution in [-0.2, 0) is 81.6 Å². The largest absolute Gasteiger partial charge is 0.380 e. The van der Waals surface area contributed by atoms with Crippen molar-refractivity contribution in [3.8, 4) is 0 Å². The van der Waals surface area contributed by atoms with Crippen LogP contribution >= 0.6 is 0 Å². The average Bonchev–Trinajstić information content (AvgIpc) is 3.78. The summed E-state index contributed by atoms with van der Waals surface area (Å²) in [5.74, 6) is -1.92. The fourth-order valence-corrected chi connectivity index (χ4v) is 6.68.